The second-order valence-electron chi connectivity index (χ2n) is 5.41. The van der Waals surface area contributed by atoms with Gasteiger partial charge in [0, 0.05) is 18.1 Å². The Bertz CT molecular complexity index is 802. The maximum absolute atomic E-state index is 5.85. The number of hydrogen-bond acceptors (Lipinski definition) is 6. The molecule has 0 spiro atoms. The predicted molar refractivity (Wildman–Crippen MR) is 82.2 cm³/mol. The molecular weight excluding hydrogens is 296 g/mol. The maximum Gasteiger partial charge on any atom is 0.293 e. The molecule has 1 fully saturated rings. The SMILES string of the molecule is COc1cccc(-c2ccc(-c3nc([C@H]4CCOC4)no3)o2)c1. The molecule has 1 aliphatic rings. The lowest BCUT2D eigenvalue weighted by molar-refractivity contribution is 0.192. The molecule has 0 aliphatic carbocycles. The molecule has 0 unspecified atom stereocenters. The molecule has 3 aromatic rings. The molecule has 4 rings (SSSR count). The predicted octanol–water partition coefficient (Wildman–Crippen LogP) is 3.51. The van der Waals surface area contributed by atoms with Crippen molar-refractivity contribution in [1.29, 1.82) is 0 Å². The Labute approximate surface area is 133 Å². The van der Waals surface area contributed by atoms with E-state index in [1.54, 1.807) is 7.11 Å². The van der Waals surface area contributed by atoms with Gasteiger partial charge >= 0.3 is 0 Å². The normalized spacial score (nSPS) is 17.5. The van der Waals surface area contributed by atoms with Gasteiger partial charge in [-0.25, -0.2) is 0 Å². The number of methoxy groups -OCH3 is 1. The summed E-state index contributed by atoms with van der Waals surface area (Å²) in [4.78, 5) is 4.43. The molecule has 1 aromatic carbocycles. The van der Waals surface area contributed by atoms with E-state index in [-0.39, 0.29) is 5.92 Å². The molecule has 1 saturated heterocycles. The Morgan fingerprint density at radius 3 is 2.91 bits per heavy atom. The van der Waals surface area contributed by atoms with Gasteiger partial charge in [-0.15, -0.1) is 0 Å². The minimum absolute atomic E-state index is 0.209. The van der Waals surface area contributed by atoms with Crippen LogP contribution in [0.5, 0.6) is 5.75 Å². The summed E-state index contributed by atoms with van der Waals surface area (Å²) in [5.41, 5.74) is 0.930. The van der Waals surface area contributed by atoms with Crippen molar-refractivity contribution in [3.63, 3.8) is 0 Å². The molecule has 1 atom stereocenters. The first-order chi connectivity index (χ1) is 11.3. The van der Waals surface area contributed by atoms with Crippen molar-refractivity contribution in [3.05, 3.63) is 42.2 Å². The van der Waals surface area contributed by atoms with E-state index in [0.29, 0.717) is 24.1 Å². The van der Waals surface area contributed by atoms with Gasteiger partial charge in [0.15, 0.2) is 11.6 Å². The summed E-state index contributed by atoms with van der Waals surface area (Å²) in [6, 6.07) is 11.4. The van der Waals surface area contributed by atoms with E-state index in [1.807, 2.05) is 36.4 Å². The fourth-order valence-corrected chi connectivity index (χ4v) is 2.62. The minimum atomic E-state index is 0.209. The minimum Gasteiger partial charge on any atom is -0.497 e. The molecule has 0 N–H and O–H groups in total. The Balaban J connectivity index is 1.60. The molecule has 0 saturated carbocycles. The number of nitrogens with zero attached hydrogens (tertiary/aromatic N) is 2. The van der Waals surface area contributed by atoms with Gasteiger partial charge in [-0.3, -0.25) is 0 Å². The third kappa shape index (κ3) is 2.73. The van der Waals surface area contributed by atoms with Crippen molar-refractivity contribution in [1.82, 2.24) is 10.1 Å². The van der Waals surface area contributed by atoms with Crippen LogP contribution in [0.1, 0.15) is 18.2 Å². The van der Waals surface area contributed by atoms with E-state index in [2.05, 4.69) is 10.1 Å². The van der Waals surface area contributed by atoms with Crippen molar-refractivity contribution in [3.8, 4) is 28.7 Å². The number of hydrogen-bond donors (Lipinski definition) is 0. The quantitative estimate of drug-likeness (QED) is 0.734. The van der Waals surface area contributed by atoms with E-state index in [1.165, 1.54) is 0 Å². The molecule has 6 nitrogen and oxygen atoms in total. The second kappa shape index (κ2) is 5.89. The summed E-state index contributed by atoms with van der Waals surface area (Å²) in [5.74, 6) is 3.34. The zero-order valence-corrected chi connectivity index (χ0v) is 12.7. The first-order valence-corrected chi connectivity index (χ1v) is 7.49. The first kappa shape index (κ1) is 14.0. The highest BCUT2D eigenvalue weighted by Gasteiger charge is 2.24. The van der Waals surface area contributed by atoms with Gasteiger partial charge in [0.25, 0.3) is 5.89 Å². The van der Waals surface area contributed by atoms with Crippen molar-refractivity contribution in [2.75, 3.05) is 20.3 Å². The van der Waals surface area contributed by atoms with Crippen molar-refractivity contribution >= 4 is 0 Å². The fourth-order valence-electron chi connectivity index (χ4n) is 2.62. The number of benzene rings is 1. The molecule has 118 valence electrons. The molecule has 6 heteroatoms. The average molecular weight is 312 g/mol. The molecular formula is C17H16N2O4. The van der Waals surface area contributed by atoms with Crippen LogP contribution < -0.4 is 4.74 Å². The van der Waals surface area contributed by atoms with E-state index < -0.39 is 0 Å². The summed E-state index contributed by atoms with van der Waals surface area (Å²) in [5, 5.41) is 4.04. The van der Waals surface area contributed by atoms with E-state index in [0.717, 1.165) is 30.1 Å². The highest BCUT2D eigenvalue weighted by molar-refractivity contribution is 5.62. The van der Waals surface area contributed by atoms with Crippen LogP contribution in [0.3, 0.4) is 0 Å². The van der Waals surface area contributed by atoms with Gasteiger partial charge < -0.3 is 18.4 Å². The smallest absolute Gasteiger partial charge is 0.293 e. The average Bonchev–Trinajstić information content (AvgIpc) is 3.34. The summed E-state index contributed by atoms with van der Waals surface area (Å²) in [7, 11) is 1.64. The monoisotopic (exact) mass is 312 g/mol. The van der Waals surface area contributed by atoms with Crippen molar-refractivity contribution in [2.24, 2.45) is 0 Å². The van der Waals surface area contributed by atoms with Crippen LogP contribution in [0, 0.1) is 0 Å². The van der Waals surface area contributed by atoms with Crippen LogP contribution in [0.25, 0.3) is 23.0 Å². The standard InChI is InChI=1S/C17H16N2O4/c1-20-13-4-2-3-11(9-13)14-5-6-15(22-14)17-18-16(19-23-17)12-7-8-21-10-12/h2-6,9,12H,7-8,10H2,1H3/t12-/m0/s1. The highest BCUT2D eigenvalue weighted by Crippen LogP contribution is 2.31. The summed E-state index contributed by atoms with van der Waals surface area (Å²) in [6.07, 6.45) is 0.923. The third-order valence-corrected chi connectivity index (χ3v) is 3.91. The van der Waals surface area contributed by atoms with Gasteiger partial charge in [-0.2, -0.15) is 4.98 Å². The summed E-state index contributed by atoms with van der Waals surface area (Å²) in [6.45, 7) is 1.39. The lowest BCUT2D eigenvalue weighted by Crippen LogP contribution is -1.99. The van der Waals surface area contributed by atoms with Crippen LogP contribution in [0.4, 0.5) is 0 Å². The molecule has 0 amide bonds. The topological polar surface area (TPSA) is 70.5 Å². The molecule has 23 heavy (non-hydrogen) atoms. The lowest BCUT2D eigenvalue weighted by Gasteiger charge is -2.01. The van der Waals surface area contributed by atoms with Crippen molar-refractivity contribution in [2.45, 2.75) is 12.3 Å². The molecule has 2 aromatic heterocycles. The van der Waals surface area contributed by atoms with E-state index >= 15 is 0 Å². The molecule has 0 bridgehead atoms. The zero-order valence-electron chi connectivity index (χ0n) is 12.7. The Morgan fingerprint density at radius 1 is 1.17 bits per heavy atom. The molecule has 0 radical (unpaired) electrons. The van der Waals surface area contributed by atoms with Gasteiger partial charge in [0.2, 0.25) is 0 Å². The van der Waals surface area contributed by atoms with Gasteiger partial charge in [0.05, 0.1) is 13.7 Å². The van der Waals surface area contributed by atoms with Crippen LogP contribution in [-0.2, 0) is 4.74 Å². The number of ether oxygens (including phenoxy) is 2. The van der Waals surface area contributed by atoms with Crippen LogP contribution in [-0.4, -0.2) is 30.5 Å². The Morgan fingerprint density at radius 2 is 2.09 bits per heavy atom. The summed E-state index contributed by atoms with van der Waals surface area (Å²) >= 11 is 0. The van der Waals surface area contributed by atoms with Gasteiger partial charge in [0.1, 0.15) is 11.5 Å². The Hall–Kier alpha value is -2.60. The van der Waals surface area contributed by atoms with Gasteiger partial charge in [-0.05, 0) is 30.7 Å². The lowest BCUT2D eigenvalue weighted by atomic mass is 10.1. The van der Waals surface area contributed by atoms with E-state index in [4.69, 9.17) is 18.4 Å². The highest BCUT2D eigenvalue weighted by atomic mass is 16.5. The zero-order chi connectivity index (χ0) is 15.6. The Kier molecular flexibility index (Phi) is 3.59. The largest absolute Gasteiger partial charge is 0.497 e. The van der Waals surface area contributed by atoms with E-state index in [9.17, 15) is 0 Å². The first-order valence-electron chi connectivity index (χ1n) is 7.49. The summed E-state index contributed by atoms with van der Waals surface area (Å²) < 4.78 is 21.8. The van der Waals surface area contributed by atoms with Crippen LogP contribution in [0.2, 0.25) is 0 Å². The molecule has 3 heterocycles. The fraction of sp³-hybridized carbons (Fsp3) is 0.294. The maximum atomic E-state index is 5.85. The van der Waals surface area contributed by atoms with Crippen molar-refractivity contribution < 1.29 is 18.4 Å². The van der Waals surface area contributed by atoms with Gasteiger partial charge in [-0.1, -0.05) is 17.3 Å². The van der Waals surface area contributed by atoms with Crippen LogP contribution >= 0.6 is 0 Å². The third-order valence-electron chi connectivity index (χ3n) is 3.91. The van der Waals surface area contributed by atoms with Crippen LogP contribution in [0.15, 0.2) is 45.3 Å². The number of furan rings is 1. The second-order valence-corrected chi connectivity index (χ2v) is 5.41. The molecule has 1 aliphatic heterocycles. The number of aromatic nitrogens is 2. The number of rotatable bonds is 4.